The van der Waals surface area contributed by atoms with Gasteiger partial charge in [0.15, 0.2) is 0 Å². The average Bonchev–Trinajstić information content (AvgIpc) is 2.87. The number of aromatic nitrogens is 1. The Morgan fingerprint density at radius 1 is 0.941 bits per heavy atom. The molecule has 176 valence electrons. The Morgan fingerprint density at radius 3 is 2.26 bits per heavy atom. The van der Waals surface area contributed by atoms with Gasteiger partial charge in [-0.3, -0.25) is 14.7 Å². The lowest BCUT2D eigenvalue weighted by molar-refractivity contribution is 0.0773. The van der Waals surface area contributed by atoms with Crippen LogP contribution in [0.25, 0.3) is 5.57 Å². The molecule has 0 aliphatic carbocycles. The molecule has 2 N–H and O–H groups in total. The van der Waals surface area contributed by atoms with Gasteiger partial charge in [-0.2, -0.15) is 0 Å². The Kier molecular flexibility index (Phi) is 7.76. The summed E-state index contributed by atoms with van der Waals surface area (Å²) in [5, 5.41) is 0. The van der Waals surface area contributed by atoms with Crippen LogP contribution in [-0.4, -0.2) is 46.9 Å². The molecule has 34 heavy (non-hydrogen) atoms. The van der Waals surface area contributed by atoms with E-state index in [2.05, 4.69) is 40.2 Å². The van der Waals surface area contributed by atoms with E-state index in [0.29, 0.717) is 13.1 Å². The first-order chi connectivity index (χ1) is 16.6. The number of anilines is 1. The Labute approximate surface area is 202 Å². The standard InChI is InChI=1S/C29H34N4O/c1-3-33(4-2)29(34)25-12-10-23(11-13-25)28(26-8-5-9-27(30)19-26)24-14-17-32(18-15-24)21-22-7-6-16-31-20-22/h5-13,16,19-20H,3-4,14-15,17-18,21,30H2,1-2H3. The first-order valence-electron chi connectivity index (χ1n) is 12.2. The predicted octanol–water partition coefficient (Wildman–Crippen LogP) is 5.24. The van der Waals surface area contributed by atoms with E-state index in [0.717, 1.165) is 54.9 Å². The van der Waals surface area contributed by atoms with Crippen LogP contribution >= 0.6 is 0 Å². The minimum atomic E-state index is 0.0819. The van der Waals surface area contributed by atoms with Gasteiger partial charge in [0.1, 0.15) is 0 Å². The molecule has 5 nitrogen and oxygen atoms in total. The molecule has 1 fully saturated rings. The van der Waals surface area contributed by atoms with Crippen LogP contribution in [0.3, 0.4) is 0 Å². The number of amides is 1. The van der Waals surface area contributed by atoms with E-state index in [1.807, 2.05) is 61.5 Å². The zero-order valence-corrected chi connectivity index (χ0v) is 20.2. The van der Waals surface area contributed by atoms with Crippen LogP contribution in [0.4, 0.5) is 5.69 Å². The van der Waals surface area contributed by atoms with E-state index < -0.39 is 0 Å². The van der Waals surface area contributed by atoms with Crippen molar-refractivity contribution < 1.29 is 4.79 Å². The summed E-state index contributed by atoms with van der Waals surface area (Å²) in [7, 11) is 0. The highest BCUT2D eigenvalue weighted by molar-refractivity contribution is 5.95. The van der Waals surface area contributed by atoms with Gasteiger partial charge in [0, 0.05) is 56.4 Å². The molecular weight excluding hydrogens is 420 g/mol. The number of likely N-dealkylation sites (tertiary alicyclic amines) is 1. The number of carbonyl (C=O) groups is 1. The second kappa shape index (κ2) is 11.1. The molecule has 1 aliphatic rings. The molecule has 0 saturated carbocycles. The molecule has 1 aliphatic heterocycles. The zero-order chi connectivity index (χ0) is 23.9. The number of hydrogen-bond donors (Lipinski definition) is 1. The number of piperidine rings is 1. The van der Waals surface area contributed by atoms with Gasteiger partial charge in [0.25, 0.3) is 5.91 Å². The van der Waals surface area contributed by atoms with Gasteiger partial charge in [-0.15, -0.1) is 0 Å². The summed E-state index contributed by atoms with van der Waals surface area (Å²) in [6.45, 7) is 8.40. The number of hydrogen-bond acceptors (Lipinski definition) is 4. The van der Waals surface area contributed by atoms with Crippen molar-refractivity contribution >= 4 is 17.2 Å². The molecular formula is C29H34N4O. The van der Waals surface area contributed by atoms with Gasteiger partial charge in [0.05, 0.1) is 0 Å². The number of nitrogens with zero attached hydrogens (tertiary/aromatic N) is 3. The van der Waals surface area contributed by atoms with Crippen molar-refractivity contribution in [3.8, 4) is 0 Å². The predicted molar refractivity (Wildman–Crippen MR) is 139 cm³/mol. The van der Waals surface area contributed by atoms with E-state index in [9.17, 15) is 4.79 Å². The summed E-state index contributed by atoms with van der Waals surface area (Å²) in [6, 6.07) is 20.4. The van der Waals surface area contributed by atoms with Crippen molar-refractivity contribution in [2.24, 2.45) is 0 Å². The van der Waals surface area contributed by atoms with Gasteiger partial charge in [-0.25, -0.2) is 0 Å². The van der Waals surface area contributed by atoms with Crippen LogP contribution < -0.4 is 5.73 Å². The molecule has 2 aromatic carbocycles. The van der Waals surface area contributed by atoms with Crippen LogP contribution in [0.2, 0.25) is 0 Å². The maximum atomic E-state index is 12.8. The van der Waals surface area contributed by atoms with Crippen LogP contribution in [0.5, 0.6) is 0 Å². The molecule has 0 bridgehead atoms. The third-order valence-electron chi connectivity index (χ3n) is 6.59. The van der Waals surface area contributed by atoms with Crippen molar-refractivity contribution in [3.05, 3.63) is 101 Å². The molecule has 0 radical (unpaired) electrons. The van der Waals surface area contributed by atoms with Crippen LogP contribution in [0.15, 0.2) is 78.6 Å². The second-order valence-corrected chi connectivity index (χ2v) is 8.80. The van der Waals surface area contributed by atoms with Crippen molar-refractivity contribution in [2.75, 3.05) is 31.9 Å². The molecule has 3 aromatic rings. The van der Waals surface area contributed by atoms with E-state index in [1.54, 1.807) is 0 Å². The van der Waals surface area contributed by atoms with Crippen molar-refractivity contribution in [2.45, 2.75) is 33.2 Å². The Morgan fingerprint density at radius 2 is 1.65 bits per heavy atom. The third-order valence-corrected chi connectivity index (χ3v) is 6.59. The van der Waals surface area contributed by atoms with Gasteiger partial charge in [0.2, 0.25) is 0 Å². The maximum Gasteiger partial charge on any atom is 0.253 e. The topological polar surface area (TPSA) is 62.5 Å². The molecule has 1 aromatic heterocycles. The highest BCUT2D eigenvalue weighted by Crippen LogP contribution is 2.33. The lowest BCUT2D eigenvalue weighted by atomic mass is 9.87. The number of rotatable bonds is 7. The molecule has 1 saturated heterocycles. The summed E-state index contributed by atoms with van der Waals surface area (Å²) in [5.74, 6) is 0.0819. The summed E-state index contributed by atoms with van der Waals surface area (Å²) < 4.78 is 0. The molecule has 1 amide bonds. The molecule has 5 heteroatoms. The molecule has 0 spiro atoms. The summed E-state index contributed by atoms with van der Waals surface area (Å²) in [4.78, 5) is 21.4. The zero-order valence-electron chi connectivity index (χ0n) is 20.2. The van der Waals surface area contributed by atoms with Gasteiger partial charge in [-0.05, 0) is 79.3 Å². The fourth-order valence-corrected chi connectivity index (χ4v) is 4.72. The lowest BCUT2D eigenvalue weighted by Gasteiger charge is -2.30. The highest BCUT2D eigenvalue weighted by atomic mass is 16.2. The monoisotopic (exact) mass is 454 g/mol. The quantitative estimate of drug-likeness (QED) is 0.496. The van der Waals surface area contributed by atoms with Crippen molar-refractivity contribution in [1.29, 1.82) is 0 Å². The van der Waals surface area contributed by atoms with E-state index in [1.165, 1.54) is 16.7 Å². The van der Waals surface area contributed by atoms with E-state index >= 15 is 0 Å². The Bertz CT molecular complexity index is 1120. The molecule has 0 atom stereocenters. The van der Waals surface area contributed by atoms with Crippen LogP contribution in [0, 0.1) is 0 Å². The maximum absolute atomic E-state index is 12.8. The van der Waals surface area contributed by atoms with Crippen molar-refractivity contribution in [1.82, 2.24) is 14.8 Å². The van der Waals surface area contributed by atoms with E-state index in [-0.39, 0.29) is 5.91 Å². The first-order valence-corrected chi connectivity index (χ1v) is 12.2. The van der Waals surface area contributed by atoms with Crippen LogP contribution in [0.1, 0.15) is 53.7 Å². The number of nitrogens with two attached hydrogens (primary N) is 1. The normalized spacial score (nSPS) is 14.1. The number of carbonyl (C=O) groups excluding carboxylic acids is 1. The van der Waals surface area contributed by atoms with Gasteiger partial charge in [-0.1, -0.05) is 35.9 Å². The summed E-state index contributed by atoms with van der Waals surface area (Å²) in [6.07, 6.45) is 5.78. The van der Waals surface area contributed by atoms with Crippen molar-refractivity contribution in [3.63, 3.8) is 0 Å². The fraction of sp³-hybridized carbons (Fsp3) is 0.310. The Balaban J connectivity index is 1.61. The molecule has 4 rings (SSSR count). The fourth-order valence-electron chi connectivity index (χ4n) is 4.72. The average molecular weight is 455 g/mol. The number of pyridine rings is 1. The van der Waals surface area contributed by atoms with Gasteiger partial charge >= 0.3 is 0 Å². The minimum Gasteiger partial charge on any atom is -0.399 e. The minimum absolute atomic E-state index is 0.0819. The van der Waals surface area contributed by atoms with Gasteiger partial charge < -0.3 is 10.6 Å². The largest absolute Gasteiger partial charge is 0.399 e. The highest BCUT2D eigenvalue weighted by Gasteiger charge is 2.20. The summed E-state index contributed by atoms with van der Waals surface area (Å²) in [5.41, 5.74) is 13.9. The SMILES string of the molecule is CCN(CC)C(=O)c1ccc(C(=C2CCN(Cc3cccnc3)CC2)c2cccc(N)c2)cc1. The second-order valence-electron chi connectivity index (χ2n) is 8.80. The Hall–Kier alpha value is -3.44. The number of benzene rings is 2. The molecule has 2 heterocycles. The summed E-state index contributed by atoms with van der Waals surface area (Å²) >= 11 is 0. The lowest BCUT2D eigenvalue weighted by Crippen LogP contribution is -2.30. The smallest absolute Gasteiger partial charge is 0.253 e. The van der Waals surface area contributed by atoms with E-state index in [4.69, 9.17) is 5.73 Å². The number of nitrogen functional groups attached to an aromatic ring is 1. The molecule has 0 unspecified atom stereocenters. The third kappa shape index (κ3) is 5.54. The van der Waals surface area contributed by atoms with Crippen LogP contribution in [-0.2, 0) is 6.54 Å². The first kappa shape index (κ1) is 23.7.